The first-order valence-corrected chi connectivity index (χ1v) is 8.23. The van der Waals surface area contributed by atoms with Gasteiger partial charge in [-0.1, -0.05) is 12.1 Å². The molecule has 0 aliphatic carbocycles. The predicted molar refractivity (Wildman–Crippen MR) is 85.2 cm³/mol. The van der Waals surface area contributed by atoms with Crippen molar-refractivity contribution in [1.29, 1.82) is 5.41 Å². The summed E-state index contributed by atoms with van der Waals surface area (Å²) < 4.78 is 26.7. The van der Waals surface area contributed by atoms with Crippen molar-refractivity contribution in [1.82, 2.24) is 8.87 Å². The molecule has 8 heteroatoms. The second kappa shape index (κ2) is 6.35. The zero-order valence-electron chi connectivity index (χ0n) is 12.9. The van der Waals surface area contributed by atoms with Gasteiger partial charge < -0.3 is 10.3 Å². The number of primary amides is 1. The lowest BCUT2D eigenvalue weighted by Gasteiger charge is -2.12. The zero-order valence-corrected chi connectivity index (χ0v) is 13.7. The number of pyridine rings is 1. The SMILES string of the molecule is CN(C)S(=O)(=O)c1ccc(Cn2cccc(C(N)=O)c2=N)cc1. The molecule has 1 aromatic heterocycles. The Labute approximate surface area is 134 Å². The molecule has 0 unspecified atom stereocenters. The van der Waals surface area contributed by atoms with Gasteiger partial charge in [0.25, 0.3) is 5.91 Å². The number of benzene rings is 1. The highest BCUT2D eigenvalue weighted by Gasteiger charge is 2.16. The van der Waals surface area contributed by atoms with Gasteiger partial charge in [-0.15, -0.1) is 0 Å². The Hall–Kier alpha value is -2.45. The maximum absolute atomic E-state index is 12.0. The number of aromatic nitrogens is 1. The van der Waals surface area contributed by atoms with Gasteiger partial charge in [0.15, 0.2) is 0 Å². The summed E-state index contributed by atoms with van der Waals surface area (Å²) in [5, 5.41) is 7.98. The van der Waals surface area contributed by atoms with Gasteiger partial charge in [-0.25, -0.2) is 12.7 Å². The second-order valence-electron chi connectivity index (χ2n) is 5.19. The van der Waals surface area contributed by atoms with Crippen molar-refractivity contribution in [2.24, 2.45) is 5.73 Å². The van der Waals surface area contributed by atoms with Crippen LogP contribution in [0.15, 0.2) is 47.5 Å². The number of hydrogen-bond acceptors (Lipinski definition) is 4. The van der Waals surface area contributed by atoms with Crippen LogP contribution in [0.25, 0.3) is 0 Å². The number of nitrogens with one attached hydrogen (secondary N) is 1. The largest absolute Gasteiger partial charge is 0.365 e. The minimum Gasteiger partial charge on any atom is -0.365 e. The van der Waals surface area contributed by atoms with E-state index in [0.29, 0.717) is 6.54 Å². The minimum atomic E-state index is -3.46. The molecule has 2 rings (SSSR count). The van der Waals surface area contributed by atoms with Gasteiger partial charge in [0.05, 0.1) is 10.5 Å². The number of hydrogen-bond donors (Lipinski definition) is 2. The van der Waals surface area contributed by atoms with Crippen LogP contribution in [0.2, 0.25) is 0 Å². The van der Waals surface area contributed by atoms with E-state index in [1.165, 1.54) is 32.3 Å². The molecule has 122 valence electrons. The van der Waals surface area contributed by atoms with Crippen molar-refractivity contribution in [2.75, 3.05) is 14.1 Å². The van der Waals surface area contributed by atoms with Crippen LogP contribution in [0.4, 0.5) is 0 Å². The van der Waals surface area contributed by atoms with Crippen molar-refractivity contribution in [3.8, 4) is 0 Å². The Kier molecular flexibility index (Phi) is 4.67. The first-order chi connectivity index (χ1) is 10.7. The van der Waals surface area contributed by atoms with Crippen LogP contribution < -0.4 is 11.2 Å². The van der Waals surface area contributed by atoms with E-state index in [0.717, 1.165) is 9.87 Å². The average molecular weight is 334 g/mol. The molecule has 1 aromatic carbocycles. The third-order valence-corrected chi connectivity index (χ3v) is 5.22. The summed E-state index contributed by atoms with van der Waals surface area (Å²) in [5.74, 6) is -0.656. The summed E-state index contributed by atoms with van der Waals surface area (Å²) in [6, 6.07) is 9.54. The van der Waals surface area contributed by atoms with E-state index in [4.69, 9.17) is 11.1 Å². The Bertz CT molecular complexity index is 884. The molecular formula is C15H18N4O3S. The monoisotopic (exact) mass is 334 g/mol. The molecule has 1 amide bonds. The average Bonchev–Trinajstić information content (AvgIpc) is 2.49. The Morgan fingerprint density at radius 2 is 1.83 bits per heavy atom. The molecule has 3 N–H and O–H groups in total. The van der Waals surface area contributed by atoms with E-state index >= 15 is 0 Å². The minimum absolute atomic E-state index is 0.0185. The number of rotatable bonds is 5. The lowest BCUT2D eigenvalue weighted by molar-refractivity contribution is 0.0997. The highest BCUT2D eigenvalue weighted by atomic mass is 32.2. The van der Waals surface area contributed by atoms with Crippen molar-refractivity contribution < 1.29 is 13.2 Å². The summed E-state index contributed by atoms with van der Waals surface area (Å²) >= 11 is 0. The third kappa shape index (κ3) is 3.49. The smallest absolute Gasteiger partial charge is 0.252 e. The molecule has 0 spiro atoms. The number of amides is 1. The molecule has 0 aliphatic heterocycles. The van der Waals surface area contributed by atoms with E-state index in [1.54, 1.807) is 29.0 Å². The summed E-state index contributed by atoms with van der Waals surface area (Å²) in [5.41, 5.74) is 6.19. The topological polar surface area (TPSA) is 109 Å². The van der Waals surface area contributed by atoms with Crippen LogP contribution >= 0.6 is 0 Å². The van der Waals surface area contributed by atoms with Crippen LogP contribution in [0.1, 0.15) is 15.9 Å². The van der Waals surface area contributed by atoms with E-state index in [1.807, 2.05) is 0 Å². The lowest BCUT2D eigenvalue weighted by atomic mass is 10.2. The zero-order chi connectivity index (χ0) is 17.2. The molecule has 0 saturated carbocycles. The van der Waals surface area contributed by atoms with E-state index < -0.39 is 15.9 Å². The molecule has 23 heavy (non-hydrogen) atoms. The summed E-state index contributed by atoms with van der Waals surface area (Å²) in [7, 11) is -0.518. The quantitative estimate of drug-likeness (QED) is 0.824. The maximum Gasteiger partial charge on any atom is 0.252 e. The van der Waals surface area contributed by atoms with Gasteiger partial charge in [-0.2, -0.15) is 0 Å². The van der Waals surface area contributed by atoms with Crippen molar-refractivity contribution in [3.05, 3.63) is 59.2 Å². The van der Waals surface area contributed by atoms with Gasteiger partial charge in [0.2, 0.25) is 10.0 Å². The van der Waals surface area contributed by atoms with Crippen LogP contribution in [0.3, 0.4) is 0 Å². The van der Waals surface area contributed by atoms with Crippen LogP contribution in [-0.4, -0.2) is 37.3 Å². The van der Waals surface area contributed by atoms with Crippen molar-refractivity contribution in [2.45, 2.75) is 11.4 Å². The van der Waals surface area contributed by atoms with Crippen LogP contribution in [-0.2, 0) is 16.6 Å². The molecule has 0 atom stereocenters. The lowest BCUT2D eigenvalue weighted by Crippen LogP contribution is -2.29. The van der Waals surface area contributed by atoms with Gasteiger partial charge in [-0.3, -0.25) is 10.2 Å². The molecule has 0 saturated heterocycles. The summed E-state index contributed by atoms with van der Waals surface area (Å²) in [4.78, 5) is 11.5. The Morgan fingerprint density at radius 1 is 1.22 bits per heavy atom. The highest BCUT2D eigenvalue weighted by Crippen LogP contribution is 2.14. The molecule has 7 nitrogen and oxygen atoms in total. The molecule has 0 fully saturated rings. The van der Waals surface area contributed by atoms with Gasteiger partial charge in [0, 0.05) is 26.8 Å². The number of carbonyl (C=O) groups is 1. The fraction of sp³-hybridized carbons (Fsp3) is 0.200. The van der Waals surface area contributed by atoms with Crippen molar-refractivity contribution >= 4 is 15.9 Å². The highest BCUT2D eigenvalue weighted by molar-refractivity contribution is 7.89. The molecule has 0 bridgehead atoms. The van der Waals surface area contributed by atoms with E-state index in [2.05, 4.69) is 0 Å². The molecular weight excluding hydrogens is 316 g/mol. The van der Waals surface area contributed by atoms with E-state index in [9.17, 15) is 13.2 Å². The molecule has 0 radical (unpaired) electrons. The van der Waals surface area contributed by atoms with E-state index in [-0.39, 0.29) is 15.9 Å². The normalized spacial score (nSPS) is 11.6. The first kappa shape index (κ1) is 16.9. The molecule has 0 aliphatic rings. The number of carbonyl (C=O) groups excluding carboxylic acids is 1. The first-order valence-electron chi connectivity index (χ1n) is 6.79. The number of sulfonamides is 1. The summed E-state index contributed by atoms with van der Waals surface area (Å²) in [6.07, 6.45) is 1.67. The summed E-state index contributed by atoms with van der Waals surface area (Å²) in [6.45, 7) is 0.336. The van der Waals surface area contributed by atoms with Crippen LogP contribution in [0.5, 0.6) is 0 Å². The van der Waals surface area contributed by atoms with Gasteiger partial charge in [0.1, 0.15) is 5.49 Å². The predicted octanol–water partition coefficient (Wildman–Crippen LogP) is 0.365. The number of nitrogens with two attached hydrogens (primary N) is 1. The molecule has 2 aromatic rings. The Balaban J connectivity index is 2.31. The fourth-order valence-electron chi connectivity index (χ4n) is 2.06. The number of nitrogens with zero attached hydrogens (tertiary/aromatic N) is 2. The van der Waals surface area contributed by atoms with Gasteiger partial charge >= 0.3 is 0 Å². The van der Waals surface area contributed by atoms with Gasteiger partial charge in [-0.05, 0) is 29.8 Å². The Morgan fingerprint density at radius 3 is 2.35 bits per heavy atom. The maximum atomic E-state index is 12.0. The molecule has 1 heterocycles. The third-order valence-electron chi connectivity index (χ3n) is 3.39. The van der Waals surface area contributed by atoms with Crippen molar-refractivity contribution in [3.63, 3.8) is 0 Å². The standard InChI is InChI=1S/C15H18N4O3S/c1-18(2)23(21,22)12-7-5-11(6-8-12)10-19-9-3-4-13(14(19)16)15(17)20/h3-9,16H,10H2,1-2H3,(H2,17,20). The fourth-order valence-corrected chi connectivity index (χ4v) is 2.96. The van der Waals surface area contributed by atoms with Crippen LogP contribution in [0, 0.1) is 5.41 Å². The second-order valence-corrected chi connectivity index (χ2v) is 7.35.